The van der Waals surface area contributed by atoms with E-state index in [1.54, 1.807) is 27.9 Å². The van der Waals surface area contributed by atoms with Crippen LogP contribution in [0.25, 0.3) is 0 Å². The van der Waals surface area contributed by atoms with E-state index in [1.165, 1.54) is 5.19 Å². The van der Waals surface area contributed by atoms with E-state index in [0.29, 0.717) is 31.1 Å². The third-order valence-electron chi connectivity index (χ3n) is 11.5. The molecule has 3 amide bonds. The molecule has 0 aromatic heterocycles. The summed E-state index contributed by atoms with van der Waals surface area (Å²) in [6, 6.07) is 21.3. The molecule has 0 saturated carbocycles. The molecule has 1 spiro atoms. The maximum Gasteiger partial charge on any atom is 0.264 e. The monoisotopic (exact) mass is 701 g/mol. The van der Waals surface area contributed by atoms with E-state index >= 15 is 4.79 Å². The van der Waals surface area contributed by atoms with Crippen molar-refractivity contribution < 1.29 is 29.0 Å². The molecule has 3 fully saturated rings. The van der Waals surface area contributed by atoms with Gasteiger partial charge < -0.3 is 29.3 Å². The largest absolute Gasteiger partial charge is 0.497 e. The van der Waals surface area contributed by atoms with Crippen molar-refractivity contribution in [3.8, 4) is 5.75 Å². The number of likely N-dealkylation sites (tertiary alicyclic amines) is 1. The average molecular weight is 702 g/mol. The Hall–Kier alpha value is -3.70. The van der Waals surface area contributed by atoms with Crippen molar-refractivity contribution in [1.82, 2.24) is 4.90 Å². The summed E-state index contributed by atoms with van der Waals surface area (Å²) in [6.45, 7) is 8.20. The highest BCUT2D eigenvalue weighted by molar-refractivity contribution is 6.91. The number of methoxy groups -OCH3 is 1. The van der Waals surface area contributed by atoms with Crippen LogP contribution < -0.4 is 19.7 Å². The Morgan fingerprint density at radius 3 is 2.53 bits per heavy atom. The number of aliphatic hydroxyl groups is 1. The number of hydrogen-bond acceptors (Lipinski definition) is 6. The van der Waals surface area contributed by atoms with Crippen LogP contribution in [0, 0.1) is 5.92 Å². The molecule has 5 atom stereocenters. The van der Waals surface area contributed by atoms with Gasteiger partial charge in [-0.2, -0.15) is 0 Å². The number of rotatable bonds is 9. The number of ether oxygens (including phenoxy) is 2. The minimum Gasteiger partial charge on any atom is -0.497 e. The molecule has 0 bridgehead atoms. The molecule has 0 radical (unpaired) electrons. The van der Waals surface area contributed by atoms with Gasteiger partial charge in [0, 0.05) is 41.7 Å². The molecular formula is C38H44ClN3O6Si. The molecule has 4 aliphatic rings. The fourth-order valence-electron chi connectivity index (χ4n) is 8.88. The smallest absolute Gasteiger partial charge is 0.264 e. The summed E-state index contributed by atoms with van der Waals surface area (Å²) in [5.74, 6) is 0.347. The number of hydrogen-bond donors (Lipinski definition) is 1. The zero-order valence-corrected chi connectivity index (χ0v) is 30.3. The lowest BCUT2D eigenvalue weighted by Gasteiger charge is -2.37. The van der Waals surface area contributed by atoms with Crippen LogP contribution in [0.3, 0.4) is 0 Å². The van der Waals surface area contributed by atoms with E-state index < -0.39 is 19.8 Å². The van der Waals surface area contributed by atoms with Crippen LogP contribution in [0.15, 0.2) is 66.7 Å². The van der Waals surface area contributed by atoms with Crippen molar-refractivity contribution >= 4 is 54.0 Å². The molecular weight excluding hydrogens is 658 g/mol. The highest BCUT2D eigenvalue weighted by Crippen LogP contribution is 2.60. The van der Waals surface area contributed by atoms with E-state index in [0.717, 1.165) is 41.1 Å². The Balaban J connectivity index is 1.29. The Kier molecular flexibility index (Phi) is 8.88. The standard InChI is InChI=1S/C38H44ClN3O6Si/c1-24-36(49(3,4)30-13-11-29(47-2)12-14-30)33(21-35(45)40-17-6-9-28(40)23-43)48-38(24)31-20-26(39)10-15-32(31)42(37(38)46)22-25-7-5-8-27(19-25)41-18-16-34(41)44/h5,7-8,10-15,19-20,24,28,33,36,43H,6,9,16-18,21-23H2,1-4H3/t24-,28+,33+,36-,38+/m1/s1. The third kappa shape index (κ3) is 5.57. The predicted octanol–water partition coefficient (Wildman–Crippen LogP) is 5.22. The zero-order valence-electron chi connectivity index (χ0n) is 28.5. The normalized spacial score (nSPS) is 26.4. The summed E-state index contributed by atoms with van der Waals surface area (Å²) in [5, 5.41) is 11.7. The molecule has 9 nitrogen and oxygen atoms in total. The van der Waals surface area contributed by atoms with Gasteiger partial charge in [0.15, 0.2) is 5.60 Å². The molecule has 11 heteroatoms. The second-order valence-corrected chi connectivity index (χ2v) is 19.6. The number of anilines is 2. The highest BCUT2D eigenvalue weighted by Gasteiger charge is 2.66. The quantitative estimate of drug-likeness (QED) is 0.243. The van der Waals surface area contributed by atoms with Crippen LogP contribution >= 0.6 is 11.6 Å². The lowest BCUT2D eigenvalue weighted by Crippen LogP contribution is -2.52. The van der Waals surface area contributed by atoms with Gasteiger partial charge in [0.25, 0.3) is 5.91 Å². The van der Waals surface area contributed by atoms with Crippen LogP contribution in [0.2, 0.25) is 23.7 Å². The molecule has 1 N–H and O–H groups in total. The second-order valence-electron chi connectivity index (χ2n) is 14.4. The summed E-state index contributed by atoms with van der Waals surface area (Å²) in [4.78, 5) is 46.6. The Morgan fingerprint density at radius 1 is 1.08 bits per heavy atom. The molecule has 3 saturated heterocycles. The summed E-state index contributed by atoms with van der Waals surface area (Å²) >= 11 is 6.66. The van der Waals surface area contributed by atoms with Gasteiger partial charge in [0.1, 0.15) is 5.75 Å². The number of carbonyl (C=O) groups is 3. The number of β-lactam (4-membered cyclic amide) rings is 1. The number of carbonyl (C=O) groups excluding carboxylic acids is 3. The second kappa shape index (κ2) is 12.9. The zero-order chi connectivity index (χ0) is 34.7. The number of fused-ring (bicyclic) bond motifs is 2. The maximum absolute atomic E-state index is 15.1. The third-order valence-corrected chi connectivity index (χ3v) is 16.1. The van der Waals surface area contributed by atoms with Gasteiger partial charge in [-0.15, -0.1) is 0 Å². The molecule has 0 unspecified atom stereocenters. The van der Waals surface area contributed by atoms with E-state index in [1.807, 2.05) is 48.5 Å². The molecule has 3 aromatic rings. The molecule has 7 rings (SSSR count). The lowest BCUT2D eigenvalue weighted by atomic mass is 9.82. The van der Waals surface area contributed by atoms with Crippen LogP contribution in [-0.4, -0.2) is 74.8 Å². The summed E-state index contributed by atoms with van der Waals surface area (Å²) in [7, 11) is -0.813. The molecule has 258 valence electrons. The summed E-state index contributed by atoms with van der Waals surface area (Å²) in [5.41, 5.74) is 1.72. The molecule has 4 aliphatic heterocycles. The Labute approximate surface area is 293 Å². The molecule has 4 heterocycles. The number of benzene rings is 3. The lowest BCUT2D eigenvalue weighted by molar-refractivity contribution is -0.150. The van der Waals surface area contributed by atoms with Gasteiger partial charge in [0.2, 0.25) is 11.8 Å². The van der Waals surface area contributed by atoms with Gasteiger partial charge in [-0.05, 0) is 66.4 Å². The summed E-state index contributed by atoms with van der Waals surface area (Å²) < 4.78 is 12.6. The average Bonchev–Trinajstić information content (AvgIpc) is 3.75. The van der Waals surface area contributed by atoms with E-state index in [-0.39, 0.29) is 48.3 Å². The highest BCUT2D eigenvalue weighted by atomic mass is 35.5. The van der Waals surface area contributed by atoms with Crippen molar-refractivity contribution in [2.45, 2.75) is 75.5 Å². The van der Waals surface area contributed by atoms with Gasteiger partial charge >= 0.3 is 0 Å². The van der Waals surface area contributed by atoms with Crippen LogP contribution in [-0.2, 0) is 31.3 Å². The number of halogens is 1. The van der Waals surface area contributed by atoms with Crippen molar-refractivity contribution in [2.75, 3.05) is 36.6 Å². The van der Waals surface area contributed by atoms with E-state index in [2.05, 4.69) is 32.2 Å². The Bertz CT molecular complexity index is 1790. The fourth-order valence-corrected chi connectivity index (χ4v) is 13.1. The molecule has 49 heavy (non-hydrogen) atoms. The minimum atomic E-state index is -2.46. The SMILES string of the molecule is COc1ccc([Si](C)(C)[C@H]2[C@H](CC(=O)N3CCC[C@H]3CO)O[C@@]3(C(=O)N(Cc4cccc(N5CCC5=O)c4)c4ccc(Cl)cc43)[C@@H]2C)cc1. The minimum absolute atomic E-state index is 0.0543. The fraction of sp³-hybridized carbons (Fsp3) is 0.447. The van der Waals surface area contributed by atoms with Crippen molar-refractivity contribution in [3.05, 3.63) is 82.9 Å². The first kappa shape index (κ1) is 33.8. The number of amides is 3. The topological polar surface area (TPSA) is 99.6 Å². The van der Waals surface area contributed by atoms with Gasteiger partial charge in [-0.3, -0.25) is 14.4 Å². The maximum atomic E-state index is 15.1. The van der Waals surface area contributed by atoms with Gasteiger partial charge in [0.05, 0.1) is 52.6 Å². The van der Waals surface area contributed by atoms with Crippen molar-refractivity contribution in [1.29, 1.82) is 0 Å². The first-order valence-corrected chi connectivity index (χ1v) is 20.7. The van der Waals surface area contributed by atoms with Crippen LogP contribution in [0.1, 0.15) is 43.7 Å². The molecule has 3 aromatic carbocycles. The first-order chi connectivity index (χ1) is 23.5. The van der Waals surface area contributed by atoms with Crippen molar-refractivity contribution in [2.24, 2.45) is 5.92 Å². The summed E-state index contributed by atoms with van der Waals surface area (Å²) in [6.07, 6.45) is 1.75. The number of aliphatic hydroxyl groups excluding tert-OH is 1. The molecule has 0 aliphatic carbocycles. The van der Waals surface area contributed by atoms with E-state index in [9.17, 15) is 14.7 Å². The predicted molar refractivity (Wildman–Crippen MR) is 192 cm³/mol. The van der Waals surface area contributed by atoms with Crippen LogP contribution in [0.4, 0.5) is 11.4 Å². The first-order valence-electron chi connectivity index (χ1n) is 17.2. The van der Waals surface area contributed by atoms with Crippen LogP contribution in [0.5, 0.6) is 5.75 Å². The van der Waals surface area contributed by atoms with Gasteiger partial charge in [-0.1, -0.05) is 61.1 Å². The van der Waals surface area contributed by atoms with E-state index in [4.69, 9.17) is 21.1 Å². The van der Waals surface area contributed by atoms with Crippen molar-refractivity contribution in [3.63, 3.8) is 0 Å². The van der Waals surface area contributed by atoms with Gasteiger partial charge in [-0.25, -0.2) is 0 Å². The number of nitrogens with zero attached hydrogens (tertiary/aromatic N) is 3. The Morgan fingerprint density at radius 2 is 1.86 bits per heavy atom.